The van der Waals surface area contributed by atoms with Crippen LogP contribution in [0.5, 0.6) is 0 Å². The van der Waals surface area contributed by atoms with E-state index in [0.717, 1.165) is 52.6 Å². The molecular formula is C21H33N3O3S3. The average Bonchev–Trinajstić information content (AvgIpc) is 2.77. The summed E-state index contributed by atoms with van der Waals surface area (Å²) in [4.78, 5) is 35.6. The van der Waals surface area contributed by atoms with Gasteiger partial charge in [-0.1, -0.05) is 20.8 Å². The van der Waals surface area contributed by atoms with Gasteiger partial charge in [0, 0.05) is 19.6 Å². The van der Waals surface area contributed by atoms with E-state index in [4.69, 9.17) is 0 Å². The second kappa shape index (κ2) is 13.9. The fraction of sp³-hybridized carbons (Fsp3) is 0.571. The molecule has 0 bridgehead atoms. The average molecular weight is 472 g/mol. The molecule has 1 rings (SSSR count). The topological polar surface area (TPSA) is 87.3 Å². The zero-order chi connectivity index (χ0) is 22.7. The molecule has 6 nitrogen and oxygen atoms in total. The number of nitrogens with one attached hydrogen (secondary N) is 3. The zero-order valence-electron chi connectivity index (χ0n) is 17.9. The number of rotatable bonds is 12. The highest BCUT2D eigenvalue weighted by atomic mass is 32.1. The fourth-order valence-electron chi connectivity index (χ4n) is 3.74. The molecule has 1 aromatic rings. The molecule has 0 aliphatic rings. The minimum Gasteiger partial charge on any atom is -0.351 e. The van der Waals surface area contributed by atoms with Crippen molar-refractivity contribution in [3.8, 4) is 0 Å². The van der Waals surface area contributed by atoms with E-state index >= 15 is 0 Å². The molecule has 3 N–H and O–H groups in total. The molecule has 30 heavy (non-hydrogen) atoms. The Hall–Kier alpha value is -1.32. The lowest BCUT2D eigenvalue weighted by Crippen LogP contribution is -2.30. The number of thiol groups is 3. The predicted molar refractivity (Wildman–Crippen MR) is 132 cm³/mol. The van der Waals surface area contributed by atoms with Crippen LogP contribution >= 0.6 is 37.9 Å². The first kappa shape index (κ1) is 26.7. The molecule has 0 aliphatic carbocycles. The van der Waals surface area contributed by atoms with Gasteiger partial charge in [0.2, 0.25) is 17.7 Å². The first-order valence-electron chi connectivity index (χ1n) is 10.2. The first-order valence-corrected chi connectivity index (χ1v) is 12.1. The second-order valence-corrected chi connectivity index (χ2v) is 7.69. The van der Waals surface area contributed by atoms with Gasteiger partial charge in [0.25, 0.3) is 0 Å². The van der Waals surface area contributed by atoms with Gasteiger partial charge in [-0.05, 0) is 52.6 Å². The minimum absolute atomic E-state index is 0.117. The van der Waals surface area contributed by atoms with Gasteiger partial charge in [-0.3, -0.25) is 14.4 Å². The van der Waals surface area contributed by atoms with Crippen molar-refractivity contribution in [3.05, 3.63) is 33.4 Å². The molecular weight excluding hydrogens is 438 g/mol. The number of carbonyl (C=O) groups excluding carboxylic acids is 3. The maximum Gasteiger partial charge on any atom is 0.229 e. The molecule has 0 aromatic heterocycles. The quantitative estimate of drug-likeness (QED) is 0.264. The minimum atomic E-state index is -0.142. The van der Waals surface area contributed by atoms with Crippen LogP contribution in [0.15, 0.2) is 0 Å². The van der Waals surface area contributed by atoms with Crippen molar-refractivity contribution in [2.24, 2.45) is 0 Å². The van der Waals surface area contributed by atoms with E-state index < -0.39 is 0 Å². The van der Waals surface area contributed by atoms with E-state index in [1.54, 1.807) is 0 Å². The van der Waals surface area contributed by atoms with Crippen LogP contribution in [0.4, 0.5) is 0 Å². The van der Waals surface area contributed by atoms with E-state index in [9.17, 15) is 14.4 Å². The van der Waals surface area contributed by atoms with E-state index in [2.05, 4.69) is 74.6 Å². The number of amides is 3. The summed E-state index contributed by atoms with van der Waals surface area (Å²) in [5.74, 6) is -0.0752. The monoisotopic (exact) mass is 471 g/mol. The normalized spacial score (nSPS) is 10.6. The van der Waals surface area contributed by atoms with E-state index in [0.29, 0.717) is 19.6 Å². The lowest BCUT2D eigenvalue weighted by molar-refractivity contribution is -0.119. The Morgan fingerprint density at radius 3 is 0.933 bits per heavy atom. The number of carbonyl (C=O) groups is 3. The maximum atomic E-state index is 11.9. The van der Waals surface area contributed by atoms with Gasteiger partial charge in [0.15, 0.2) is 0 Å². The molecule has 0 spiro atoms. The van der Waals surface area contributed by atoms with Gasteiger partial charge in [-0.25, -0.2) is 0 Å². The predicted octanol–water partition coefficient (Wildman–Crippen LogP) is 2.01. The Balaban J connectivity index is 3.62. The second-order valence-electron chi connectivity index (χ2n) is 6.74. The van der Waals surface area contributed by atoms with Crippen LogP contribution in [0.2, 0.25) is 0 Å². The van der Waals surface area contributed by atoms with Crippen LogP contribution in [0.1, 0.15) is 54.2 Å². The first-order chi connectivity index (χ1) is 14.4. The van der Waals surface area contributed by atoms with Crippen LogP contribution in [0.3, 0.4) is 0 Å². The van der Waals surface area contributed by atoms with Crippen LogP contribution < -0.4 is 16.0 Å². The van der Waals surface area contributed by atoms with Crippen molar-refractivity contribution in [1.29, 1.82) is 0 Å². The van der Waals surface area contributed by atoms with E-state index in [1.165, 1.54) is 0 Å². The lowest BCUT2D eigenvalue weighted by Gasteiger charge is -2.26. The molecule has 3 amide bonds. The maximum absolute atomic E-state index is 11.9. The Bertz CT molecular complexity index is 649. The van der Waals surface area contributed by atoms with Crippen LogP contribution in [0.25, 0.3) is 0 Å². The summed E-state index contributed by atoms with van der Waals surface area (Å²) in [6.45, 7) is 7.38. The molecule has 0 radical (unpaired) electrons. The van der Waals surface area contributed by atoms with Gasteiger partial charge in [-0.2, -0.15) is 37.9 Å². The Morgan fingerprint density at radius 1 is 0.533 bits per heavy atom. The summed E-state index contributed by atoms with van der Waals surface area (Å²) in [6.07, 6.45) is 2.30. The summed E-state index contributed by atoms with van der Waals surface area (Å²) < 4.78 is 0. The van der Waals surface area contributed by atoms with Gasteiger partial charge >= 0.3 is 0 Å². The smallest absolute Gasteiger partial charge is 0.229 e. The molecule has 168 valence electrons. The molecule has 0 heterocycles. The standard InChI is InChI=1S/C21H33N3O3S3/c1-4-13-16(7-22-19(25)10-28)14(5-2)18(9-24-21(27)12-30)15(6-3)17(13)8-23-20(26)11-29/h28-30H,4-12H2,1-3H3,(H,22,25)(H,23,26)(H,24,27). The fourth-order valence-corrected chi connectivity index (χ4v) is 4.08. The Labute approximate surface area is 196 Å². The van der Waals surface area contributed by atoms with Crippen LogP contribution in [-0.4, -0.2) is 35.0 Å². The molecule has 0 unspecified atom stereocenters. The SMILES string of the molecule is CCc1c(CNC(=O)CS)c(CC)c(CNC(=O)CS)c(CC)c1CNC(=O)CS. The van der Waals surface area contributed by atoms with Crippen molar-refractivity contribution in [1.82, 2.24) is 16.0 Å². The van der Waals surface area contributed by atoms with Crippen molar-refractivity contribution < 1.29 is 14.4 Å². The number of hydrogen-bond acceptors (Lipinski definition) is 6. The van der Waals surface area contributed by atoms with Gasteiger partial charge < -0.3 is 16.0 Å². The zero-order valence-corrected chi connectivity index (χ0v) is 20.6. The molecule has 1 aromatic carbocycles. The van der Waals surface area contributed by atoms with Crippen molar-refractivity contribution in [2.75, 3.05) is 17.3 Å². The van der Waals surface area contributed by atoms with Gasteiger partial charge in [0.1, 0.15) is 0 Å². The summed E-state index contributed by atoms with van der Waals surface area (Å²) in [6, 6.07) is 0. The van der Waals surface area contributed by atoms with Crippen molar-refractivity contribution in [2.45, 2.75) is 59.7 Å². The van der Waals surface area contributed by atoms with Crippen molar-refractivity contribution >= 4 is 55.6 Å². The lowest BCUT2D eigenvalue weighted by atomic mass is 9.83. The highest BCUT2D eigenvalue weighted by Crippen LogP contribution is 2.31. The summed E-state index contributed by atoms with van der Waals surface area (Å²) in [7, 11) is 0. The van der Waals surface area contributed by atoms with E-state index in [1.807, 2.05) is 0 Å². The van der Waals surface area contributed by atoms with Gasteiger partial charge in [-0.15, -0.1) is 0 Å². The van der Waals surface area contributed by atoms with Crippen LogP contribution in [0, 0.1) is 0 Å². The Kier molecular flexibility index (Phi) is 12.4. The molecule has 0 saturated carbocycles. The third-order valence-electron chi connectivity index (χ3n) is 5.06. The summed E-state index contributed by atoms with van der Waals surface area (Å²) in [5.41, 5.74) is 6.55. The van der Waals surface area contributed by atoms with E-state index in [-0.39, 0.29) is 35.0 Å². The molecule has 0 saturated heterocycles. The molecule has 0 aliphatic heterocycles. The highest BCUT2D eigenvalue weighted by molar-refractivity contribution is 7.81. The summed E-state index contributed by atoms with van der Waals surface area (Å²) >= 11 is 12.1. The van der Waals surface area contributed by atoms with Crippen molar-refractivity contribution in [3.63, 3.8) is 0 Å². The van der Waals surface area contributed by atoms with Crippen LogP contribution in [-0.2, 0) is 53.3 Å². The molecule has 9 heteroatoms. The third-order valence-corrected chi connectivity index (χ3v) is 5.93. The highest BCUT2D eigenvalue weighted by Gasteiger charge is 2.22. The molecule has 0 fully saturated rings. The largest absolute Gasteiger partial charge is 0.351 e. The number of benzene rings is 1. The number of hydrogen-bond donors (Lipinski definition) is 6. The third kappa shape index (κ3) is 7.13. The Morgan fingerprint density at radius 2 is 0.767 bits per heavy atom. The van der Waals surface area contributed by atoms with Gasteiger partial charge in [0.05, 0.1) is 17.3 Å². The molecule has 0 atom stereocenters. The summed E-state index contributed by atoms with van der Waals surface area (Å²) in [5, 5.41) is 8.78.